The average molecular weight is 250 g/mol. The van der Waals surface area contributed by atoms with E-state index in [0.29, 0.717) is 11.4 Å². The molecule has 2 rings (SSSR count). The standard InChI is InChI=1S/C12H14N2O4/c1-18-9-4-6(3-8(13)12(16)17)2-7-5-10(15)14-11(7)9/h2,4,8H,3,5,13H2,1H3,(H,14,15)(H,16,17). The van der Waals surface area contributed by atoms with E-state index in [4.69, 9.17) is 15.6 Å². The second-order valence-corrected chi connectivity index (χ2v) is 4.21. The Morgan fingerprint density at radius 2 is 2.33 bits per heavy atom. The first kappa shape index (κ1) is 12.4. The first-order chi connectivity index (χ1) is 8.51. The summed E-state index contributed by atoms with van der Waals surface area (Å²) in [6.07, 6.45) is 0.481. The summed E-state index contributed by atoms with van der Waals surface area (Å²) in [5, 5.41) is 11.5. The van der Waals surface area contributed by atoms with Gasteiger partial charge >= 0.3 is 5.97 Å². The molecule has 1 aliphatic rings. The Morgan fingerprint density at radius 1 is 1.61 bits per heavy atom. The molecule has 1 aromatic rings. The summed E-state index contributed by atoms with van der Waals surface area (Å²) in [7, 11) is 1.50. The SMILES string of the molecule is COc1cc(CC(N)C(=O)O)cc2c1NC(=O)C2. The summed E-state index contributed by atoms with van der Waals surface area (Å²) in [6.45, 7) is 0. The maximum atomic E-state index is 11.3. The van der Waals surface area contributed by atoms with Crippen LogP contribution in [0.1, 0.15) is 11.1 Å². The van der Waals surface area contributed by atoms with Crippen LogP contribution in [-0.2, 0) is 22.4 Å². The summed E-state index contributed by atoms with van der Waals surface area (Å²) < 4.78 is 5.19. The Bertz CT molecular complexity index is 513. The zero-order valence-electron chi connectivity index (χ0n) is 9.90. The normalized spacial score (nSPS) is 14.9. The highest BCUT2D eigenvalue weighted by Gasteiger charge is 2.23. The van der Waals surface area contributed by atoms with Crippen LogP contribution in [0.15, 0.2) is 12.1 Å². The van der Waals surface area contributed by atoms with Crippen molar-refractivity contribution in [2.75, 3.05) is 12.4 Å². The van der Waals surface area contributed by atoms with Crippen molar-refractivity contribution in [3.05, 3.63) is 23.3 Å². The van der Waals surface area contributed by atoms with Crippen molar-refractivity contribution in [3.8, 4) is 5.75 Å². The van der Waals surface area contributed by atoms with Gasteiger partial charge in [0.2, 0.25) is 5.91 Å². The van der Waals surface area contributed by atoms with Gasteiger partial charge in [-0.1, -0.05) is 6.07 Å². The number of carbonyl (C=O) groups is 2. The van der Waals surface area contributed by atoms with Crippen LogP contribution in [0.3, 0.4) is 0 Å². The number of hydrogen-bond donors (Lipinski definition) is 3. The van der Waals surface area contributed by atoms with E-state index in [-0.39, 0.29) is 18.7 Å². The van der Waals surface area contributed by atoms with E-state index in [2.05, 4.69) is 5.32 Å². The van der Waals surface area contributed by atoms with E-state index in [0.717, 1.165) is 11.1 Å². The van der Waals surface area contributed by atoms with Crippen LogP contribution in [0.25, 0.3) is 0 Å². The maximum absolute atomic E-state index is 11.3. The highest BCUT2D eigenvalue weighted by atomic mass is 16.5. The molecule has 1 aliphatic heterocycles. The number of carboxylic acid groups (broad SMARTS) is 1. The Hall–Kier alpha value is -2.08. The van der Waals surface area contributed by atoms with Gasteiger partial charge in [-0.2, -0.15) is 0 Å². The van der Waals surface area contributed by atoms with Gasteiger partial charge in [0, 0.05) is 0 Å². The van der Waals surface area contributed by atoms with Gasteiger partial charge in [0.05, 0.1) is 19.2 Å². The Kier molecular flexibility index (Phi) is 3.20. The monoisotopic (exact) mass is 250 g/mol. The molecular weight excluding hydrogens is 236 g/mol. The average Bonchev–Trinajstić information content (AvgIpc) is 2.68. The lowest BCUT2D eigenvalue weighted by Crippen LogP contribution is -2.32. The molecule has 1 unspecified atom stereocenters. The van der Waals surface area contributed by atoms with E-state index >= 15 is 0 Å². The predicted octanol–water partition coefficient (Wildman–Crippen LogP) is 0.144. The second-order valence-electron chi connectivity index (χ2n) is 4.21. The number of ether oxygens (including phenoxy) is 1. The minimum Gasteiger partial charge on any atom is -0.495 e. The number of anilines is 1. The fraction of sp³-hybridized carbons (Fsp3) is 0.333. The summed E-state index contributed by atoms with van der Waals surface area (Å²) in [5.41, 5.74) is 7.71. The first-order valence-electron chi connectivity index (χ1n) is 5.49. The third-order valence-corrected chi connectivity index (χ3v) is 2.85. The Balaban J connectivity index is 2.32. The fourth-order valence-electron chi connectivity index (χ4n) is 1.99. The van der Waals surface area contributed by atoms with E-state index in [1.807, 2.05) is 0 Å². The van der Waals surface area contributed by atoms with Gasteiger partial charge in [-0.3, -0.25) is 9.59 Å². The molecule has 0 aromatic heterocycles. The van der Waals surface area contributed by atoms with E-state index in [1.165, 1.54) is 7.11 Å². The lowest BCUT2D eigenvalue weighted by atomic mass is 10.0. The molecule has 6 nitrogen and oxygen atoms in total. The smallest absolute Gasteiger partial charge is 0.320 e. The molecule has 1 atom stereocenters. The number of aliphatic carboxylic acids is 1. The molecule has 18 heavy (non-hydrogen) atoms. The van der Waals surface area contributed by atoms with Gasteiger partial charge in [-0.05, 0) is 23.6 Å². The lowest BCUT2D eigenvalue weighted by molar-refractivity contribution is -0.138. The Labute approximate surface area is 104 Å². The van der Waals surface area contributed by atoms with Crippen molar-refractivity contribution < 1.29 is 19.4 Å². The van der Waals surface area contributed by atoms with Crippen LogP contribution >= 0.6 is 0 Å². The van der Waals surface area contributed by atoms with Crippen molar-refractivity contribution in [2.24, 2.45) is 5.73 Å². The highest BCUT2D eigenvalue weighted by molar-refractivity contribution is 6.01. The van der Waals surface area contributed by atoms with Crippen LogP contribution in [0.4, 0.5) is 5.69 Å². The molecule has 0 saturated carbocycles. The molecule has 0 radical (unpaired) electrons. The molecule has 0 fully saturated rings. The second kappa shape index (κ2) is 4.66. The van der Waals surface area contributed by atoms with Gasteiger partial charge in [0.25, 0.3) is 0 Å². The van der Waals surface area contributed by atoms with Gasteiger partial charge < -0.3 is 20.9 Å². The molecule has 6 heteroatoms. The van der Waals surface area contributed by atoms with Crippen LogP contribution in [0.5, 0.6) is 5.75 Å². The van der Waals surface area contributed by atoms with Crippen molar-refractivity contribution in [3.63, 3.8) is 0 Å². The quantitative estimate of drug-likeness (QED) is 0.705. The van der Waals surface area contributed by atoms with Crippen LogP contribution in [0.2, 0.25) is 0 Å². The van der Waals surface area contributed by atoms with E-state index in [9.17, 15) is 9.59 Å². The minimum absolute atomic E-state index is 0.0945. The van der Waals surface area contributed by atoms with Gasteiger partial charge in [-0.25, -0.2) is 0 Å². The summed E-state index contributed by atoms with van der Waals surface area (Å²) in [6, 6.07) is 2.53. The summed E-state index contributed by atoms with van der Waals surface area (Å²) in [5.74, 6) is -0.613. The zero-order valence-corrected chi connectivity index (χ0v) is 9.90. The molecule has 0 bridgehead atoms. The molecule has 1 amide bonds. The largest absolute Gasteiger partial charge is 0.495 e. The molecule has 0 saturated heterocycles. The number of methoxy groups -OCH3 is 1. The van der Waals surface area contributed by atoms with Gasteiger partial charge in [-0.15, -0.1) is 0 Å². The van der Waals surface area contributed by atoms with Crippen LogP contribution < -0.4 is 15.8 Å². The molecule has 1 aromatic carbocycles. The van der Waals surface area contributed by atoms with Crippen LogP contribution in [0, 0.1) is 0 Å². The third kappa shape index (κ3) is 2.28. The minimum atomic E-state index is -1.05. The highest BCUT2D eigenvalue weighted by Crippen LogP contribution is 2.34. The first-order valence-corrected chi connectivity index (χ1v) is 5.49. The predicted molar refractivity (Wildman–Crippen MR) is 64.6 cm³/mol. The number of nitrogens with two attached hydrogens (primary N) is 1. The molecule has 0 spiro atoms. The van der Waals surface area contributed by atoms with Crippen molar-refractivity contribution >= 4 is 17.6 Å². The number of carboxylic acids is 1. The molecule has 1 heterocycles. The van der Waals surface area contributed by atoms with Gasteiger partial charge in [0.1, 0.15) is 11.8 Å². The number of fused-ring (bicyclic) bond motifs is 1. The maximum Gasteiger partial charge on any atom is 0.320 e. The Morgan fingerprint density at radius 3 is 2.94 bits per heavy atom. The summed E-state index contributed by atoms with van der Waals surface area (Å²) >= 11 is 0. The third-order valence-electron chi connectivity index (χ3n) is 2.85. The number of nitrogens with one attached hydrogen (secondary N) is 1. The van der Waals surface area contributed by atoms with E-state index < -0.39 is 12.0 Å². The number of amides is 1. The topological polar surface area (TPSA) is 102 Å². The zero-order chi connectivity index (χ0) is 13.3. The molecule has 4 N–H and O–H groups in total. The lowest BCUT2D eigenvalue weighted by Gasteiger charge is -2.11. The molecular formula is C12H14N2O4. The van der Waals surface area contributed by atoms with Gasteiger partial charge in [0.15, 0.2) is 0 Å². The number of rotatable bonds is 4. The fourth-order valence-corrected chi connectivity index (χ4v) is 1.99. The van der Waals surface area contributed by atoms with Crippen molar-refractivity contribution in [2.45, 2.75) is 18.9 Å². The number of benzene rings is 1. The van der Waals surface area contributed by atoms with Crippen LogP contribution in [-0.4, -0.2) is 30.1 Å². The van der Waals surface area contributed by atoms with Crippen molar-refractivity contribution in [1.29, 1.82) is 0 Å². The molecule has 96 valence electrons. The number of hydrogen-bond acceptors (Lipinski definition) is 4. The number of carbonyl (C=O) groups excluding carboxylic acids is 1. The van der Waals surface area contributed by atoms with E-state index in [1.54, 1.807) is 12.1 Å². The molecule has 0 aliphatic carbocycles. The van der Waals surface area contributed by atoms with Crippen molar-refractivity contribution in [1.82, 2.24) is 0 Å². The summed E-state index contributed by atoms with van der Waals surface area (Å²) in [4.78, 5) is 22.0.